The van der Waals surface area contributed by atoms with E-state index in [1.54, 1.807) is 0 Å². The van der Waals surface area contributed by atoms with E-state index in [2.05, 4.69) is 0 Å². The Kier molecular flexibility index (Phi) is 5.07. The largest absolute Gasteiger partial charge is 0.465 e. The second kappa shape index (κ2) is 5.84. The number of esters is 1. The zero-order valence-electron chi connectivity index (χ0n) is 13.3. The van der Waals surface area contributed by atoms with Crippen molar-refractivity contribution in [3.63, 3.8) is 0 Å². The lowest BCUT2D eigenvalue weighted by Crippen LogP contribution is -2.41. The van der Waals surface area contributed by atoms with Gasteiger partial charge in [-0.3, -0.25) is 4.79 Å². The topological polar surface area (TPSA) is 44.8 Å². The molecule has 0 amide bonds. The van der Waals surface area contributed by atoms with Gasteiger partial charge in [0.25, 0.3) is 0 Å². The number of carbonyl (C=O) groups is 1. The molecule has 0 radical (unpaired) electrons. The molecule has 1 saturated heterocycles. The van der Waals surface area contributed by atoms with Crippen molar-refractivity contribution in [2.24, 2.45) is 5.92 Å². The summed E-state index contributed by atoms with van der Waals surface area (Å²) in [6.07, 6.45) is 0.323. The first-order valence-corrected chi connectivity index (χ1v) is 7.06. The molecule has 1 fully saturated rings. The smallest absolute Gasteiger partial charge is 0.461 e. The summed E-state index contributed by atoms with van der Waals surface area (Å²) in [4.78, 5) is 11.7. The Hall–Kier alpha value is -0.545. The normalized spacial score (nSPS) is 22.6. The van der Waals surface area contributed by atoms with Gasteiger partial charge in [-0.05, 0) is 33.6 Å². The van der Waals surface area contributed by atoms with Crippen LogP contribution in [0.1, 0.15) is 54.9 Å². The molecular weight excluding hydrogens is 243 g/mol. The third kappa shape index (κ3) is 4.21. The molecule has 0 aromatic rings. The van der Waals surface area contributed by atoms with Crippen molar-refractivity contribution < 1.29 is 18.8 Å². The first-order valence-electron chi connectivity index (χ1n) is 7.06. The van der Waals surface area contributed by atoms with Crippen molar-refractivity contribution in [3.05, 3.63) is 0 Å². The average molecular weight is 270 g/mol. The van der Waals surface area contributed by atoms with Crippen LogP contribution in [0.15, 0.2) is 0 Å². The highest BCUT2D eigenvalue weighted by atomic mass is 16.7. The van der Waals surface area contributed by atoms with Gasteiger partial charge in [-0.1, -0.05) is 20.8 Å². The Morgan fingerprint density at radius 3 is 2.00 bits per heavy atom. The molecule has 0 bridgehead atoms. The predicted octanol–water partition coefficient (Wildman–Crippen LogP) is 3.06. The van der Waals surface area contributed by atoms with E-state index >= 15 is 0 Å². The summed E-state index contributed by atoms with van der Waals surface area (Å²) >= 11 is 0. The molecule has 5 heteroatoms. The van der Waals surface area contributed by atoms with Crippen LogP contribution in [0.25, 0.3) is 0 Å². The van der Waals surface area contributed by atoms with Crippen molar-refractivity contribution in [3.8, 4) is 0 Å². The minimum absolute atomic E-state index is 0.0132. The molecule has 0 unspecified atom stereocenters. The van der Waals surface area contributed by atoms with Gasteiger partial charge in [0.1, 0.15) is 0 Å². The maximum Gasteiger partial charge on any atom is 0.461 e. The summed E-state index contributed by atoms with van der Waals surface area (Å²) in [5.41, 5.74) is -0.707. The first-order chi connectivity index (χ1) is 8.55. The molecule has 1 heterocycles. The van der Waals surface area contributed by atoms with Gasteiger partial charge in [0.05, 0.1) is 17.8 Å². The zero-order chi connectivity index (χ0) is 14.8. The van der Waals surface area contributed by atoms with Gasteiger partial charge in [-0.15, -0.1) is 0 Å². The molecule has 1 atom stereocenters. The summed E-state index contributed by atoms with van der Waals surface area (Å²) in [7, 11) is -0.350. The Balaban J connectivity index is 2.48. The first kappa shape index (κ1) is 16.5. The van der Waals surface area contributed by atoms with Gasteiger partial charge >= 0.3 is 13.1 Å². The van der Waals surface area contributed by atoms with E-state index in [1.807, 2.05) is 48.5 Å². The second-order valence-corrected chi connectivity index (χ2v) is 6.88. The number of rotatable bonds is 5. The SMILES string of the molecule is CC(C)COC(=O)C[C@@H](C)B1OC(C)(C)C(C)(C)O1. The van der Waals surface area contributed by atoms with Crippen LogP contribution in [0, 0.1) is 5.92 Å². The maximum atomic E-state index is 11.7. The molecule has 0 aromatic heterocycles. The van der Waals surface area contributed by atoms with Crippen molar-refractivity contribution in [2.75, 3.05) is 6.61 Å². The Bertz CT molecular complexity index is 309. The van der Waals surface area contributed by atoms with Crippen LogP contribution in [0.2, 0.25) is 5.82 Å². The number of carbonyl (C=O) groups excluding carboxylic acids is 1. The fourth-order valence-electron chi connectivity index (χ4n) is 1.80. The molecule has 0 N–H and O–H groups in total. The van der Waals surface area contributed by atoms with Gasteiger partial charge in [-0.25, -0.2) is 0 Å². The van der Waals surface area contributed by atoms with E-state index in [1.165, 1.54) is 0 Å². The molecule has 1 aliphatic rings. The minimum Gasteiger partial charge on any atom is -0.465 e. The van der Waals surface area contributed by atoms with Crippen LogP contribution in [-0.4, -0.2) is 30.9 Å². The number of hydrogen-bond donors (Lipinski definition) is 0. The van der Waals surface area contributed by atoms with Gasteiger partial charge in [-0.2, -0.15) is 0 Å². The maximum absolute atomic E-state index is 11.7. The summed E-state index contributed by atoms with van der Waals surface area (Å²) in [5.74, 6) is 0.160. The predicted molar refractivity (Wildman–Crippen MR) is 75.9 cm³/mol. The summed E-state index contributed by atoms with van der Waals surface area (Å²) in [6, 6.07) is 0. The van der Waals surface area contributed by atoms with Crippen LogP contribution >= 0.6 is 0 Å². The Labute approximate surface area is 117 Å². The van der Waals surface area contributed by atoms with Crippen molar-refractivity contribution >= 4 is 13.1 Å². The molecule has 4 nitrogen and oxygen atoms in total. The molecule has 0 aliphatic carbocycles. The molecule has 0 aromatic carbocycles. The Morgan fingerprint density at radius 2 is 1.58 bits per heavy atom. The van der Waals surface area contributed by atoms with Crippen LogP contribution in [0.3, 0.4) is 0 Å². The lowest BCUT2D eigenvalue weighted by atomic mass is 9.71. The second-order valence-electron chi connectivity index (χ2n) is 6.88. The molecule has 19 heavy (non-hydrogen) atoms. The molecular formula is C14H27BO4. The quantitative estimate of drug-likeness (QED) is 0.569. The molecule has 0 saturated carbocycles. The van der Waals surface area contributed by atoms with Gasteiger partial charge in [0, 0.05) is 12.2 Å². The summed E-state index contributed by atoms with van der Waals surface area (Å²) < 4.78 is 17.0. The lowest BCUT2D eigenvalue weighted by molar-refractivity contribution is -0.144. The molecule has 110 valence electrons. The third-order valence-electron chi connectivity index (χ3n) is 3.80. The fraction of sp³-hybridized carbons (Fsp3) is 0.929. The highest BCUT2D eigenvalue weighted by Crippen LogP contribution is 2.40. The molecule has 1 rings (SSSR count). The van der Waals surface area contributed by atoms with E-state index in [0.717, 1.165) is 0 Å². The summed E-state index contributed by atoms with van der Waals surface area (Å²) in [5, 5.41) is 0. The number of ether oxygens (including phenoxy) is 1. The van der Waals surface area contributed by atoms with Crippen molar-refractivity contribution in [1.29, 1.82) is 0 Å². The van der Waals surface area contributed by atoms with Gasteiger partial charge < -0.3 is 14.0 Å². The standard InChI is InChI=1S/C14H27BO4/c1-10(2)9-17-12(16)8-11(3)15-18-13(4,5)14(6,7)19-15/h10-11H,8-9H2,1-7H3/t11-/m1/s1. The van der Waals surface area contributed by atoms with Gasteiger partial charge in [0.15, 0.2) is 0 Å². The third-order valence-corrected chi connectivity index (χ3v) is 3.80. The summed E-state index contributed by atoms with van der Waals surface area (Å²) in [6.45, 7) is 14.5. The van der Waals surface area contributed by atoms with Crippen molar-refractivity contribution in [2.45, 2.75) is 71.9 Å². The Morgan fingerprint density at radius 1 is 1.11 bits per heavy atom. The van der Waals surface area contributed by atoms with Crippen LogP contribution in [-0.2, 0) is 18.8 Å². The molecule has 0 spiro atoms. The van der Waals surface area contributed by atoms with E-state index < -0.39 is 0 Å². The van der Waals surface area contributed by atoms with E-state index in [-0.39, 0.29) is 30.1 Å². The lowest BCUT2D eigenvalue weighted by Gasteiger charge is -2.32. The van der Waals surface area contributed by atoms with E-state index in [4.69, 9.17) is 14.0 Å². The van der Waals surface area contributed by atoms with E-state index in [9.17, 15) is 4.79 Å². The van der Waals surface area contributed by atoms with Gasteiger partial charge in [0.2, 0.25) is 0 Å². The van der Waals surface area contributed by atoms with Crippen LogP contribution < -0.4 is 0 Å². The highest BCUT2D eigenvalue weighted by Gasteiger charge is 2.52. The van der Waals surface area contributed by atoms with Crippen LogP contribution in [0.4, 0.5) is 0 Å². The highest BCUT2D eigenvalue weighted by molar-refractivity contribution is 6.47. The zero-order valence-corrected chi connectivity index (χ0v) is 13.3. The fourth-order valence-corrected chi connectivity index (χ4v) is 1.80. The van der Waals surface area contributed by atoms with E-state index in [0.29, 0.717) is 18.9 Å². The van der Waals surface area contributed by atoms with Crippen molar-refractivity contribution in [1.82, 2.24) is 0 Å². The monoisotopic (exact) mass is 270 g/mol. The average Bonchev–Trinajstić information content (AvgIpc) is 2.45. The van der Waals surface area contributed by atoms with Crippen LogP contribution in [0.5, 0.6) is 0 Å². The molecule has 1 aliphatic heterocycles. The number of hydrogen-bond acceptors (Lipinski definition) is 4. The minimum atomic E-state index is -0.353.